The average molecular weight is 158 g/mol. The SMILES string of the molecule is CC1CC(=O)C1.CCOC=O. The summed E-state index contributed by atoms with van der Waals surface area (Å²) in [5.74, 6) is 1.13. The smallest absolute Gasteiger partial charge is 0.293 e. The molecule has 0 N–H and O–H groups in total. The van der Waals surface area contributed by atoms with Gasteiger partial charge in [0.15, 0.2) is 0 Å². The maximum absolute atomic E-state index is 10.1. The number of hydrogen-bond acceptors (Lipinski definition) is 3. The first-order valence-electron chi connectivity index (χ1n) is 3.77. The first kappa shape index (κ1) is 10.1. The van der Waals surface area contributed by atoms with Crippen molar-refractivity contribution in [2.45, 2.75) is 26.7 Å². The molecule has 64 valence electrons. The first-order valence-corrected chi connectivity index (χ1v) is 3.77. The lowest BCUT2D eigenvalue weighted by Crippen LogP contribution is -2.19. The Hall–Kier alpha value is -0.860. The van der Waals surface area contributed by atoms with Crippen LogP contribution in [-0.4, -0.2) is 18.9 Å². The van der Waals surface area contributed by atoms with Gasteiger partial charge in [-0.1, -0.05) is 6.92 Å². The van der Waals surface area contributed by atoms with Crippen molar-refractivity contribution in [2.75, 3.05) is 6.61 Å². The van der Waals surface area contributed by atoms with E-state index >= 15 is 0 Å². The van der Waals surface area contributed by atoms with Crippen molar-refractivity contribution >= 4 is 12.3 Å². The van der Waals surface area contributed by atoms with Crippen LogP contribution in [0.1, 0.15) is 26.7 Å². The third-order valence-electron chi connectivity index (χ3n) is 1.39. The predicted octanol–water partition coefficient (Wildman–Crippen LogP) is 1.16. The van der Waals surface area contributed by atoms with E-state index in [1.54, 1.807) is 6.92 Å². The van der Waals surface area contributed by atoms with Crippen LogP contribution in [0.25, 0.3) is 0 Å². The lowest BCUT2D eigenvalue weighted by molar-refractivity contribution is -0.128. The molecule has 0 heterocycles. The van der Waals surface area contributed by atoms with Crippen LogP contribution in [0.15, 0.2) is 0 Å². The van der Waals surface area contributed by atoms with Crippen molar-refractivity contribution in [3.8, 4) is 0 Å². The van der Waals surface area contributed by atoms with Gasteiger partial charge in [0.1, 0.15) is 5.78 Å². The Morgan fingerprint density at radius 3 is 2.18 bits per heavy atom. The van der Waals surface area contributed by atoms with E-state index in [0.29, 0.717) is 24.8 Å². The Bertz CT molecular complexity index is 123. The largest absolute Gasteiger partial charge is 0.468 e. The molecule has 1 aliphatic carbocycles. The summed E-state index contributed by atoms with van der Waals surface area (Å²) in [6.07, 6.45) is 1.67. The van der Waals surface area contributed by atoms with Gasteiger partial charge in [0.05, 0.1) is 6.61 Å². The minimum absolute atomic E-state index is 0.431. The lowest BCUT2D eigenvalue weighted by Gasteiger charge is -2.17. The molecule has 0 amide bonds. The van der Waals surface area contributed by atoms with Crippen LogP contribution in [0.5, 0.6) is 0 Å². The molecule has 0 spiro atoms. The molecule has 1 aliphatic rings. The molecular formula is C8H14O3. The van der Waals surface area contributed by atoms with Gasteiger partial charge in [-0.05, 0) is 12.8 Å². The fourth-order valence-electron chi connectivity index (χ4n) is 0.786. The number of hydrogen-bond donors (Lipinski definition) is 0. The van der Waals surface area contributed by atoms with E-state index < -0.39 is 0 Å². The standard InChI is InChI=1S/C5H8O.C3H6O2/c1-4-2-5(6)3-4;1-2-5-3-4/h4H,2-3H2,1H3;3H,2H2,1H3. The van der Waals surface area contributed by atoms with E-state index in [1.807, 2.05) is 0 Å². The minimum atomic E-state index is 0.431. The number of ketones is 1. The molecule has 3 nitrogen and oxygen atoms in total. The second-order valence-corrected chi connectivity index (χ2v) is 2.60. The molecule has 0 atom stereocenters. The zero-order valence-corrected chi connectivity index (χ0v) is 7.00. The number of ether oxygens (including phenoxy) is 1. The highest BCUT2D eigenvalue weighted by Crippen LogP contribution is 2.20. The average Bonchev–Trinajstić information content (AvgIpc) is 1.88. The van der Waals surface area contributed by atoms with Gasteiger partial charge in [-0.25, -0.2) is 0 Å². The summed E-state index contributed by atoms with van der Waals surface area (Å²) < 4.78 is 4.15. The summed E-state index contributed by atoms with van der Waals surface area (Å²) in [6.45, 7) is 4.76. The quantitative estimate of drug-likeness (QED) is 0.566. The molecule has 0 saturated heterocycles. The van der Waals surface area contributed by atoms with E-state index in [9.17, 15) is 9.59 Å². The number of Topliss-reactive ketones (excluding diaryl/α,β-unsaturated/α-hetero) is 1. The number of carbonyl (C=O) groups excluding carboxylic acids is 2. The Labute approximate surface area is 66.7 Å². The summed E-state index contributed by atoms with van der Waals surface area (Å²) >= 11 is 0. The van der Waals surface area contributed by atoms with E-state index in [0.717, 1.165) is 12.8 Å². The normalized spacial score (nSPS) is 16.0. The molecule has 1 rings (SSSR count). The van der Waals surface area contributed by atoms with Crippen LogP contribution in [-0.2, 0) is 14.3 Å². The molecule has 11 heavy (non-hydrogen) atoms. The molecule has 0 bridgehead atoms. The van der Waals surface area contributed by atoms with Crippen molar-refractivity contribution in [3.05, 3.63) is 0 Å². The van der Waals surface area contributed by atoms with Gasteiger partial charge >= 0.3 is 0 Å². The summed E-state index contributed by atoms with van der Waals surface area (Å²) in [7, 11) is 0. The third kappa shape index (κ3) is 5.58. The van der Waals surface area contributed by atoms with Crippen molar-refractivity contribution in [1.29, 1.82) is 0 Å². The van der Waals surface area contributed by atoms with E-state index in [-0.39, 0.29) is 0 Å². The fraction of sp³-hybridized carbons (Fsp3) is 0.750. The van der Waals surface area contributed by atoms with Gasteiger partial charge in [-0.15, -0.1) is 0 Å². The molecule has 0 aromatic heterocycles. The zero-order valence-electron chi connectivity index (χ0n) is 7.00. The lowest BCUT2D eigenvalue weighted by atomic mass is 9.86. The van der Waals surface area contributed by atoms with Crippen molar-refractivity contribution in [3.63, 3.8) is 0 Å². The van der Waals surface area contributed by atoms with E-state index in [1.165, 1.54) is 0 Å². The summed E-state index contributed by atoms with van der Waals surface area (Å²) in [5, 5.41) is 0. The van der Waals surface area contributed by atoms with Crippen LogP contribution in [0.4, 0.5) is 0 Å². The van der Waals surface area contributed by atoms with E-state index in [2.05, 4.69) is 11.7 Å². The summed E-state index contributed by atoms with van der Waals surface area (Å²) in [5.41, 5.74) is 0. The molecule has 1 saturated carbocycles. The number of carbonyl (C=O) groups is 2. The van der Waals surface area contributed by atoms with Crippen LogP contribution in [0, 0.1) is 5.92 Å². The minimum Gasteiger partial charge on any atom is -0.468 e. The Morgan fingerprint density at radius 2 is 2.18 bits per heavy atom. The highest BCUT2D eigenvalue weighted by atomic mass is 16.5. The molecule has 1 fully saturated rings. The van der Waals surface area contributed by atoms with Crippen LogP contribution >= 0.6 is 0 Å². The van der Waals surface area contributed by atoms with E-state index in [4.69, 9.17) is 0 Å². The maximum Gasteiger partial charge on any atom is 0.293 e. The van der Waals surface area contributed by atoms with Crippen molar-refractivity contribution < 1.29 is 14.3 Å². The second kappa shape index (κ2) is 5.89. The monoisotopic (exact) mass is 158 g/mol. The summed E-state index contributed by atoms with van der Waals surface area (Å²) in [6, 6.07) is 0. The van der Waals surface area contributed by atoms with Gasteiger partial charge in [-0.3, -0.25) is 9.59 Å². The first-order chi connectivity index (χ1) is 5.20. The van der Waals surface area contributed by atoms with Crippen molar-refractivity contribution in [2.24, 2.45) is 5.92 Å². The topological polar surface area (TPSA) is 43.4 Å². The third-order valence-corrected chi connectivity index (χ3v) is 1.39. The van der Waals surface area contributed by atoms with Crippen LogP contribution in [0.2, 0.25) is 0 Å². The molecule has 0 radical (unpaired) electrons. The second-order valence-electron chi connectivity index (χ2n) is 2.60. The van der Waals surface area contributed by atoms with Gasteiger partial charge in [0.25, 0.3) is 6.47 Å². The highest BCUT2D eigenvalue weighted by Gasteiger charge is 2.20. The Kier molecular flexibility index (Phi) is 5.43. The molecule has 0 unspecified atom stereocenters. The molecule has 3 heteroatoms. The van der Waals surface area contributed by atoms with Gasteiger partial charge in [-0.2, -0.15) is 0 Å². The fourth-order valence-corrected chi connectivity index (χ4v) is 0.786. The summed E-state index contributed by atoms with van der Waals surface area (Å²) in [4.78, 5) is 19.3. The van der Waals surface area contributed by atoms with Crippen LogP contribution in [0.3, 0.4) is 0 Å². The molecule has 0 aromatic carbocycles. The van der Waals surface area contributed by atoms with Crippen molar-refractivity contribution in [1.82, 2.24) is 0 Å². The zero-order chi connectivity index (χ0) is 8.69. The molecular weight excluding hydrogens is 144 g/mol. The Morgan fingerprint density at radius 1 is 1.64 bits per heavy atom. The number of rotatable bonds is 2. The van der Waals surface area contributed by atoms with Gasteiger partial charge < -0.3 is 4.74 Å². The molecule has 0 aliphatic heterocycles. The highest BCUT2D eigenvalue weighted by molar-refractivity contribution is 5.84. The van der Waals surface area contributed by atoms with Gasteiger partial charge in [0, 0.05) is 12.8 Å². The predicted molar refractivity (Wildman–Crippen MR) is 41.1 cm³/mol. The van der Waals surface area contributed by atoms with Crippen LogP contribution < -0.4 is 0 Å². The van der Waals surface area contributed by atoms with Gasteiger partial charge in [0.2, 0.25) is 0 Å². The molecule has 0 aromatic rings. The Balaban J connectivity index is 0.000000187. The maximum atomic E-state index is 10.1.